The average molecular weight is 393 g/mol. The molecule has 1 aliphatic heterocycles. The first-order chi connectivity index (χ1) is 12.3. The Hall–Kier alpha value is -1.37. The van der Waals surface area contributed by atoms with Gasteiger partial charge in [-0.05, 0) is 34.4 Å². The monoisotopic (exact) mass is 392 g/mol. The van der Waals surface area contributed by atoms with E-state index in [1.807, 2.05) is 5.38 Å². The number of thiophene rings is 1. The smallest absolute Gasteiger partial charge is 0.252 e. The zero-order chi connectivity index (χ0) is 18.9. The molecule has 0 saturated carbocycles. The minimum absolute atomic E-state index is 0.441. The van der Waals surface area contributed by atoms with E-state index in [4.69, 9.17) is 0 Å². The Bertz CT molecular complexity index is 808. The summed E-state index contributed by atoms with van der Waals surface area (Å²) in [5.41, 5.74) is 4.02. The van der Waals surface area contributed by atoms with Crippen molar-refractivity contribution in [2.24, 2.45) is 0 Å². The zero-order valence-corrected chi connectivity index (χ0v) is 17.6. The minimum atomic E-state index is -3.35. The number of hydrogen-bond acceptors (Lipinski definition) is 4. The molecule has 2 heterocycles. The lowest BCUT2D eigenvalue weighted by Crippen LogP contribution is -2.49. The van der Waals surface area contributed by atoms with Crippen LogP contribution in [-0.2, 0) is 10.0 Å². The summed E-state index contributed by atoms with van der Waals surface area (Å²) in [7, 11) is -3.35. The summed E-state index contributed by atoms with van der Waals surface area (Å²) < 4.78 is 27.6. The molecule has 1 aromatic heterocycles. The second-order valence-electron chi connectivity index (χ2n) is 7.42. The topological polar surface area (TPSA) is 40.6 Å². The van der Waals surface area contributed by atoms with Crippen molar-refractivity contribution in [1.29, 1.82) is 0 Å². The summed E-state index contributed by atoms with van der Waals surface area (Å²) in [4.78, 5) is 2.38. The van der Waals surface area contributed by atoms with Crippen LogP contribution in [0.25, 0.3) is 0 Å². The number of para-hydroxylation sites is 1. The van der Waals surface area contributed by atoms with Gasteiger partial charge in [-0.25, -0.2) is 8.42 Å². The van der Waals surface area contributed by atoms with Crippen molar-refractivity contribution in [3.8, 4) is 0 Å². The van der Waals surface area contributed by atoms with Gasteiger partial charge < -0.3 is 4.90 Å². The zero-order valence-electron chi connectivity index (χ0n) is 16.0. The van der Waals surface area contributed by atoms with Gasteiger partial charge in [-0.2, -0.15) is 4.31 Å². The van der Waals surface area contributed by atoms with Crippen LogP contribution in [0.5, 0.6) is 0 Å². The number of hydrogen-bond donors (Lipinski definition) is 0. The molecule has 4 nitrogen and oxygen atoms in total. The molecule has 142 valence electrons. The van der Waals surface area contributed by atoms with Gasteiger partial charge in [-0.3, -0.25) is 0 Å². The third-order valence-corrected chi connectivity index (χ3v) is 8.26. The number of piperazine rings is 1. The quantitative estimate of drug-likeness (QED) is 0.752. The molecule has 0 amide bonds. The van der Waals surface area contributed by atoms with Gasteiger partial charge in [-0.15, -0.1) is 11.3 Å². The molecule has 0 spiro atoms. The Morgan fingerprint density at radius 2 is 1.46 bits per heavy atom. The molecule has 0 aliphatic carbocycles. The van der Waals surface area contributed by atoms with E-state index in [2.05, 4.69) is 50.8 Å². The Labute approximate surface area is 161 Å². The Balaban J connectivity index is 1.85. The van der Waals surface area contributed by atoms with Gasteiger partial charge in [0.2, 0.25) is 0 Å². The summed E-state index contributed by atoms with van der Waals surface area (Å²) in [5.74, 6) is 0.883. The Kier molecular flexibility index (Phi) is 5.75. The van der Waals surface area contributed by atoms with E-state index in [-0.39, 0.29) is 0 Å². The lowest BCUT2D eigenvalue weighted by atomic mass is 9.91. The summed E-state index contributed by atoms with van der Waals surface area (Å²) >= 11 is 1.29. The number of anilines is 1. The molecule has 26 heavy (non-hydrogen) atoms. The predicted molar refractivity (Wildman–Crippen MR) is 110 cm³/mol. The standard InChI is InChI=1S/C20H28N2O2S2/c1-15(2)17-7-5-8-18(16(3)4)20(17)21-10-12-22(13-11-21)26(23,24)19-9-6-14-25-19/h5-9,14-16H,10-13H2,1-4H3. The van der Waals surface area contributed by atoms with Gasteiger partial charge in [0.05, 0.1) is 0 Å². The molecule has 0 bridgehead atoms. The SMILES string of the molecule is CC(C)c1cccc(C(C)C)c1N1CCN(S(=O)(=O)c2cccs2)CC1. The molecule has 0 radical (unpaired) electrons. The van der Waals surface area contributed by atoms with Crippen LogP contribution >= 0.6 is 11.3 Å². The highest BCUT2D eigenvalue weighted by molar-refractivity contribution is 7.91. The molecule has 0 unspecified atom stereocenters. The van der Waals surface area contributed by atoms with Gasteiger partial charge in [0.1, 0.15) is 4.21 Å². The molecule has 0 N–H and O–H groups in total. The average Bonchev–Trinajstić information content (AvgIpc) is 3.16. The van der Waals surface area contributed by atoms with Crippen LogP contribution in [0.2, 0.25) is 0 Å². The molecule has 1 saturated heterocycles. The molecular formula is C20H28N2O2S2. The van der Waals surface area contributed by atoms with Crippen LogP contribution in [-0.4, -0.2) is 38.9 Å². The highest BCUT2D eigenvalue weighted by Gasteiger charge is 2.30. The van der Waals surface area contributed by atoms with E-state index in [9.17, 15) is 8.42 Å². The second kappa shape index (κ2) is 7.71. The first-order valence-corrected chi connectivity index (χ1v) is 11.6. The van der Waals surface area contributed by atoms with Crippen LogP contribution < -0.4 is 4.90 Å². The third-order valence-electron chi connectivity index (χ3n) is 4.99. The van der Waals surface area contributed by atoms with Crippen molar-refractivity contribution in [1.82, 2.24) is 4.31 Å². The van der Waals surface area contributed by atoms with Gasteiger partial charge in [0, 0.05) is 31.9 Å². The van der Waals surface area contributed by atoms with Gasteiger partial charge in [0.15, 0.2) is 0 Å². The van der Waals surface area contributed by atoms with E-state index in [1.165, 1.54) is 28.2 Å². The van der Waals surface area contributed by atoms with E-state index >= 15 is 0 Å². The second-order valence-corrected chi connectivity index (χ2v) is 10.5. The summed E-state index contributed by atoms with van der Waals surface area (Å²) in [5, 5.41) is 1.82. The van der Waals surface area contributed by atoms with Gasteiger partial charge in [-0.1, -0.05) is 52.0 Å². The molecule has 1 fully saturated rings. The van der Waals surface area contributed by atoms with Gasteiger partial charge >= 0.3 is 0 Å². The van der Waals surface area contributed by atoms with Gasteiger partial charge in [0.25, 0.3) is 10.0 Å². The van der Waals surface area contributed by atoms with E-state index in [0.29, 0.717) is 29.1 Å². The maximum atomic E-state index is 12.8. The van der Waals surface area contributed by atoms with Crippen LogP contribution in [0.15, 0.2) is 39.9 Å². The maximum absolute atomic E-state index is 12.8. The lowest BCUT2D eigenvalue weighted by Gasteiger charge is -2.38. The summed E-state index contributed by atoms with van der Waals surface area (Å²) in [6.07, 6.45) is 0. The predicted octanol–water partition coefficient (Wildman–Crippen LogP) is 4.51. The number of rotatable bonds is 5. The largest absolute Gasteiger partial charge is 0.368 e. The number of nitrogens with zero attached hydrogens (tertiary/aromatic N) is 2. The molecule has 2 aromatic rings. The van der Waals surface area contributed by atoms with E-state index < -0.39 is 10.0 Å². The van der Waals surface area contributed by atoms with Crippen molar-refractivity contribution in [2.45, 2.75) is 43.7 Å². The van der Waals surface area contributed by atoms with Crippen LogP contribution in [0.3, 0.4) is 0 Å². The van der Waals surface area contributed by atoms with Crippen molar-refractivity contribution in [3.05, 3.63) is 46.8 Å². The molecule has 1 aliphatic rings. The highest BCUT2D eigenvalue weighted by atomic mass is 32.2. The number of benzene rings is 1. The summed E-state index contributed by atoms with van der Waals surface area (Å²) in [6, 6.07) is 10.0. The third kappa shape index (κ3) is 3.68. The van der Waals surface area contributed by atoms with E-state index in [1.54, 1.807) is 16.4 Å². The van der Waals surface area contributed by atoms with Crippen LogP contribution in [0.4, 0.5) is 5.69 Å². The van der Waals surface area contributed by atoms with Crippen molar-refractivity contribution >= 4 is 27.0 Å². The minimum Gasteiger partial charge on any atom is -0.368 e. The fourth-order valence-electron chi connectivity index (χ4n) is 3.57. The lowest BCUT2D eigenvalue weighted by molar-refractivity contribution is 0.385. The Morgan fingerprint density at radius 1 is 0.885 bits per heavy atom. The number of sulfonamides is 1. The van der Waals surface area contributed by atoms with Crippen molar-refractivity contribution < 1.29 is 8.42 Å². The molecular weight excluding hydrogens is 364 g/mol. The molecule has 0 atom stereocenters. The normalized spacial score (nSPS) is 16.6. The fraction of sp³-hybridized carbons (Fsp3) is 0.500. The highest BCUT2D eigenvalue weighted by Crippen LogP contribution is 2.36. The maximum Gasteiger partial charge on any atom is 0.252 e. The molecule has 6 heteroatoms. The van der Waals surface area contributed by atoms with Crippen molar-refractivity contribution in [2.75, 3.05) is 31.1 Å². The van der Waals surface area contributed by atoms with Crippen molar-refractivity contribution in [3.63, 3.8) is 0 Å². The summed E-state index contributed by atoms with van der Waals surface area (Å²) in [6.45, 7) is 11.4. The first kappa shape index (κ1) is 19.4. The molecule has 3 rings (SSSR count). The fourth-order valence-corrected chi connectivity index (χ4v) is 6.13. The molecule has 1 aromatic carbocycles. The van der Waals surface area contributed by atoms with Crippen LogP contribution in [0.1, 0.15) is 50.7 Å². The van der Waals surface area contributed by atoms with Crippen LogP contribution in [0, 0.1) is 0 Å². The first-order valence-electron chi connectivity index (χ1n) is 9.23. The van der Waals surface area contributed by atoms with E-state index in [0.717, 1.165) is 13.1 Å². The Morgan fingerprint density at radius 3 is 1.92 bits per heavy atom.